The van der Waals surface area contributed by atoms with E-state index in [0.717, 1.165) is 12.8 Å². The highest BCUT2D eigenvalue weighted by molar-refractivity contribution is 6.34. The largest absolute Gasteiger partial charge is 0.493 e. The number of fused-ring (bicyclic) bond motifs is 1. The number of hydrogen-bond donors (Lipinski definition) is 3. The van der Waals surface area contributed by atoms with Gasteiger partial charge in [0.25, 0.3) is 5.62 Å². The predicted molar refractivity (Wildman–Crippen MR) is 108 cm³/mol. The van der Waals surface area contributed by atoms with Crippen molar-refractivity contribution in [3.8, 4) is 17.6 Å². The highest BCUT2D eigenvalue weighted by Gasteiger charge is 2.21. The number of nitrogens with zero attached hydrogens (tertiary/aromatic N) is 5. The minimum absolute atomic E-state index is 0.00741. The molecular formula is C18H13Cl2N7O3. The van der Waals surface area contributed by atoms with Crippen molar-refractivity contribution >= 4 is 34.9 Å². The van der Waals surface area contributed by atoms with Crippen LogP contribution in [-0.2, 0) is 0 Å². The molecule has 1 fully saturated rings. The van der Waals surface area contributed by atoms with Gasteiger partial charge in [-0.05, 0) is 31.1 Å². The van der Waals surface area contributed by atoms with Gasteiger partial charge in [0, 0.05) is 16.3 Å². The Morgan fingerprint density at radius 3 is 2.83 bits per heavy atom. The molecular weight excluding hydrogens is 433 g/mol. The number of H-pyrrole nitrogens is 2. The van der Waals surface area contributed by atoms with Crippen LogP contribution in [0.15, 0.2) is 34.2 Å². The van der Waals surface area contributed by atoms with Crippen LogP contribution < -0.4 is 21.3 Å². The normalized spacial score (nSPS) is 15.3. The maximum absolute atomic E-state index is 11.4. The molecule has 30 heavy (non-hydrogen) atoms. The first kappa shape index (κ1) is 18.6. The number of nitrogens with one attached hydrogen (secondary N) is 2. The zero-order valence-electron chi connectivity index (χ0n) is 15.1. The Morgan fingerprint density at radius 2 is 2.10 bits per heavy atom. The van der Waals surface area contributed by atoms with Crippen LogP contribution in [0.25, 0.3) is 11.7 Å². The minimum Gasteiger partial charge on any atom is -0.493 e. The van der Waals surface area contributed by atoms with Crippen LogP contribution in [0.3, 0.4) is 0 Å². The zero-order valence-corrected chi connectivity index (χ0v) is 16.6. The quantitative estimate of drug-likeness (QED) is 0.436. The highest BCUT2D eigenvalue weighted by Crippen LogP contribution is 2.30. The lowest BCUT2D eigenvalue weighted by Crippen LogP contribution is -2.23. The van der Waals surface area contributed by atoms with Crippen molar-refractivity contribution in [2.24, 2.45) is 4.99 Å². The van der Waals surface area contributed by atoms with Crippen LogP contribution in [0, 0.1) is 0 Å². The fourth-order valence-corrected chi connectivity index (χ4v) is 3.08. The van der Waals surface area contributed by atoms with Crippen molar-refractivity contribution < 1.29 is 9.84 Å². The third-order valence-corrected chi connectivity index (χ3v) is 4.88. The van der Waals surface area contributed by atoms with Crippen LogP contribution in [0.5, 0.6) is 17.6 Å². The van der Waals surface area contributed by atoms with Gasteiger partial charge in [-0.2, -0.15) is 19.6 Å². The molecule has 0 spiro atoms. The molecule has 1 aromatic carbocycles. The molecule has 1 aliphatic rings. The van der Waals surface area contributed by atoms with Gasteiger partial charge in [0.2, 0.25) is 5.88 Å². The summed E-state index contributed by atoms with van der Waals surface area (Å²) < 4.78 is 7.25. The second kappa shape index (κ2) is 7.15. The van der Waals surface area contributed by atoms with E-state index in [4.69, 9.17) is 27.9 Å². The maximum Gasteiger partial charge on any atom is 0.327 e. The molecule has 12 heteroatoms. The van der Waals surface area contributed by atoms with Crippen LogP contribution in [0.2, 0.25) is 10.0 Å². The van der Waals surface area contributed by atoms with E-state index in [1.165, 1.54) is 16.8 Å². The van der Waals surface area contributed by atoms with Crippen LogP contribution in [-0.4, -0.2) is 40.7 Å². The van der Waals surface area contributed by atoms with Crippen molar-refractivity contribution in [3.05, 3.63) is 61.5 Å². The van der Waals surface area contributed by atoms with Crippen molar-refractivity contribution in [3.63, 3.8) is 0 Å². The number of ether oxygens (including phenoxy) is 1. The van der Waals surface area contributed by atoms with Gasteiger partial charge < -0.3 is 14.8 Å². The third-order valence-electron chi connectivity index (χ3n) is 4.33. The molecule has 0 atom stereocenters. The van der Waals surface area contributed by atoms with Crippen LogP contribution in [0.1, 0.15) is 18.5 Å². The molecule has 0 saturated heterocycles. The Labute approximate surface area is 177 Å². The van der Waals surface area contributed by atoms with Crippen molar-refractivity contribution in [1.82, 2.24) is 29.5 Å². The SMILES string of the molecule is O=c1[nH]c(O)c(C=c2cnn3c(=NC4CC4)nc(Oc4cc(Cl)ccc4Cl)nc23)[nH]1. The number of halogens is 2. The standard InChI is InChI=1S/C18H13Cl2N7O3/c19-9-1-4-11(20)13(6-9)30-18-24-14-8(5-12-15(28)25-17(29)23-12)7-21-27(14)16(26-18)22-10-2-3-10/h1,4-7,10,28H,2-3H2,(H2,23,25,29). The van der Waals surface area contributed by atoms with Gasteiger partial charge >= 0.3 is 11.7 Å². The number of benzene rings is 1. The van der Waals surface area contributed by atoms with E-state index in [1.54, 1.807) is 18.2 Å². The predicted octanol–water partition coefficient (Wildman–Crippen LogP) is 1.56. The molecule has 5 rings (SSSR count). The Balaban J connectivity index is 1.69. The lowest BCUT2D eigenvalue weighted by molar-refractivity contribution is 0.436. The van der Waals surface area contributed by atoms with E-state index < -0.39 is 5.69 Å². The number of hydrogen-bond acceptors (Lipinski definition) is 7. The molecule has 3 aromatic heterocycles. The molecule has 0 bridgehead atoms. The van der Waals surface area contributed by atoms with Gasteiger partial charge in [0.05, 0.1) is 17.3 Å². The summed E-state index contributed by atoms with van der Waals surface area (Å²) in [6.45, 7) is 0. The summed E-state index contributed by atoms with van der Waals surface area (Å²) in [4.78, 5) is 29.5. The Hall–Kier alpha value is -3.37. The molecule has 152 valence electrons. The average molecular weight is 446 g/mol. The first-order valence-corrected chi connectivity index (χ1v) is 9.67. The van der Waals surface area contributed by atoms with Gasteiger partial charge in [-0.25, -0.2) is 9.79 Å². The number of aromatic amines is 2. The summed E-state index contributed by atoms with van der Waals surface area (Å²) >= 11 is 12.2. The average Bonchev–Trinajstić information content (AvgIpc) is 3.34. The number of rotatable bonds is 4. The van der Waals surface area contributed by atoms with Crippen molar-refractivity contribution in [2.45, 2.75) is 18.9 Å². The van der Waals surface area contributed by atoms with Crippen LogP contribution >= 0.6 is 23.2 Å². The molecule has 1 aliphatic carbocycles. The molecule has 0 amide bonds. The van der Waals surface area contributed by atoms with Crippen LogP contribution in [0.4, 0.5) is 0 Å². The minimum atomic E-state index is -0.533. The van der Waals surface area contributed by atoms with E-state index in [9.17, 15) is 9.90 Å². The van der Waals surface area contributed by atoms with E-state index >= 15 is 0 Å². The first-order valence-electron chi connectivity index (χ1n) is 8.92. The fraction of sp³-hybridized carbons (Fsp3) is 0.167. The topological polar surface area (TPSA) is 134 Å². The zero-order chi connectivity index (χ0) is 20.8. The fourth-order valence-electron chi connectivity index (χ4n) is 2.76. The van der Waals surface area contributed by atoms with Gasteiger partial charge in [0.1, 0.15) is 5.69 Å². The highest BCUT2D eigenvalue weighted by atomic mass is 35.5. The Morgan fingerprint density at radius 1 is 1.27 bits per heavy atom. The van der Waals surface area contributed by atoms with Gasteiger partial charge in [-0.3, -0.25) is 4.98 Å². The number of aromatic hydroxyl groups is 1. The van der Waals surface area contributed by atoms with Gasteiger partial charge in [0.15, 0.2) is 11.4 Å². The molecule has 0 aliphatic heterocycles. The molecule has 3 heterocycles. The summed E-state index contributed by atoms with van der Waals surface area (Å²) in [6, 6.07) is 4.99. The summed E-state index contributed by atoms with van der Waals surface area (Å²) in [5.41, 5.74) is 0.351. The smallest absolute Gasteiger partial charge is 0.327 e. The van der Waals surface area contributed by atoms with Crippen molar-refractivity contribution in [2.75, 3.05) is 0 Å². The lowest BCUT2D eigenvalue weighted by atomic mass is 10.3. The number of imidazole rings is 1. The van der Waals surface area contributed by atoms with E-state index in [-0.39, 0.29) is 23.6 Å². The monoisotopic (exact) mass is 445 g/mol. The van der Waals surface area contributed by atoms with Gasteiger partial charge in [-0.1, -0.05) is 23.2 Å². The van der Waals surface area contributed by atoms with Gasteiger partial charge in [-0.15, -0.1) is 0 Å². The molecule has 10 nitrogen and oxygen atoms in total. The second-order valence-corrected chi connectivity index (χ2v) is 7.51. The Bertz CT molecular complexity index is 1450. The Kier molecular flexibility index (Phi) is 4.44. The van der Waals surface area contributed by atoms with E-state index in [0.29, 0.717) is 32.3 Å². The summed E-state index contributed by atoms with van der Waals surface area (Å²) in [6.07, 6.45) is 5.00. The second-order valence-electron chi connectivity index (χ2n) is 6.66. The van der Waals surface area contributed by atoms with E-state index in [2.05, 4.69) is 30.0 Å². The summed E-state index contributed by atoms with van der Waals surface area (Å²) in [5, 5.41) is 15.4. The lowest BCUT2D eigenvalue weighted by Gasteiger charge is -2.06. The van der Waals surface area contributed by atoms with Crippen molar-refractivity contribution in [1.29, 1.82) is 0 Å². The third kappa shape index (κ3) is 3.62. The molecule has 1 saturated carbocycles. The summed E-state index contributed by atoms with van der Waals surface area (Å²) in [7, 11) is 0. The summed E-state index contributed by atoms with van der Waals surface area (Å²) in [5.74, 6) is 0.00187. The van der Waals surface area contributed by atoms with E-state index in [1.807, 2.05) is 0 Å². The number of aromatic nitrogens is 6. The molecule has 4 aromatic rings. The molecule has 3 N–H and O–H groups in total. The maximum atomic E-state index is 11.4. The first-order chi connectivity index (χ1) is 14.5. The molecule has 0 unspecified atom stereocenters. The molecule has 0 radical (unpaired) electrons.